The Morgan fingerprint density at radius 3 is 2.30 bits per heavy atom. The second kappa shape index (κ2) is 4.53. The highest BCUT2D eigenvalue weighted by atomic mass is 19.4. The molecule has 2 rings (SSSR count). The van der Waals surface area contributed by atoms with E-state index in [4.69, 9.17) is 15.9 Å². The molecule has 0 spiro atoms. The summed E-state index contributed by atoms with van der Waals surface area (Å²) < 4.78 is 85.9. The number of allylic oxidation sites excluding steroid dienone is 2. The van der Waals surface area contributed by atoms with E-state index in [2.05, 4.69) is 5.92 Å². The van der Waals surface area contributed by atoms with Crippen molar-refractivity contribution < 1.29 is 35.8 Å². The van der Waals surface area contributed by atoms with Crippen LogP contribution in [0.4, 0.5) is 26.3 Å². The Morgan fingerprint density at radius 1 is 1.20 bits per heavy atom. The molecular weight excluding hydrogens is 290 g/mol. The Morgan fingerprint density at radius 2 is 1.80 bits per heavy atom. The summed E-state index contributed by atoms with van der Waals surface area (Å²) in [6, 6.07) is 0. The van der Waals surface area contributed by atoms with E-state index in [0.29, 0.717) is 12.2 Å². The highest BCUT2D eigenvalue weighted by molar-refractivity contribution is 5.49. The fourth-order valence-electron chi connectivity index (χ4n) is 1.97. The normalized spacial score (nSPS) is 29.1. The van der Waals surface area contributed by atoms with E-state index in [1.54, 1.807) is 0 Å². The van der Waals surface area contributed by atoms with Crippen LogP contribution < -0.4 is 0 Å². The highest BCUT2D eigenvalue weighted by Crippen LogP contribution is 2.51. The van der Waals surface area contributed by atoms with E-state index in [1.165, 1.54) is 0 Å². The zero-order chi connectivity index (χ0) is 15.2. The van der Waals surface area contributed by atoms with Crippen molar-refractivity contribution in [1.29, 1.82) is 0 Å². The van der Waals surface area contributed by atoms with Crippen LogP contribution in [0.1, 0.15) is 0 Å². The quantitative estimate of drug-likeness (QED) is 0.346. The molecule has 1 aliphatic carbocycles. The second-order valence-corrected chi connectivity index (χ2v) is 4.32. The number of halogens is 6. The van der Waals surface area contributed by atoms with E-state index in [0.717, 1.165) is 0 Å². The van der Waals surface area contributed by atoms with E-state index in [9.17, 15) is 26.3 Å². The molecule has 0 bridgehead atoms. The number of fused-ring (bicyclic) bond motifs is 1. The third kappa shape index (κ3) is 2.69. The van der Waals surface area contributed by atoms with E-state index in [1.807, 2.05) is 0 Å². The molecule has 1 heterocycles. The number of ether oxygens (including phenoxy) is 2. The van der Waals surface area contributed by atoms with Gasteiger partial charge >= 0.3 is 12.4 Å². The summed E-state index contributed by atoms with van der Waals surface area (Å²) in [7, 11) is 0. The summed E-state index contributed by atoms with van der Waals surface area (Å²) >= 11 is 0. The van der Waals surface area contributed by atoms with E-state index < -0.39 is 35.2 Å². The number of hydrogen-bond donors (Lipinski definition) is 0. The topological polar surface area (TPSA) is 21.8 Å². The molecule has 0 aromatic heterocycles. The average Bonchev–Trinajstić information content (AvgIpc) is 2.99. The molecule has 8 heteroatoms. The lowest BCUT2D eigenvalue weighted by molar-refractivity contribution is -0.118. The van der Waals surface area contributed by atoms with Gasteiger partial charge in [0.25, 0.3) is 0 Å². The minimum atomic E-state index is -5.13. The van der Waals surface area contributed by atoms with Crippen molar-refractivity contribution in [3.8, 4) is 12.3 Å². The maximum absolute atomic E-state index is 12.7. The van der Waals surface area contributed by atoms with Crippen molar-refractivity contribution in [2.45, 2.75) is 24.1 Å². The number of epoxide rings is 1. The van der Waals surface area contributed by atoms with Gasteiger partial charge in [0.15, 0.2) is 0 Å². The molecule has 0 saturated carbocycles. The Labute approximate surface area is 110 Å². The van der Waals surface area contributed by atoms with Crippen molar-refractivity contribution in [2.24, 2.45) is 0 Å². The standard InChI is InChI=1S/C12H8F6O2/c1-2-3-19-6-10-5-8(12(16,17)18)7(11(13,14)15)4-9(10)20-10/h1,4-5,9H,3,6H2. The molecule has 2 atom stereocenters. The minimum absolute atomic E-state index is 0.164. The molecule has 110 valence electrons. The first-order valence-corrected chi connectivity index (χ1v) is 5.38. The maximum atomic E-state index is 12.7. The third-order valence-electron chi connectivity index (χ3n) is 2.89. The van der Waals surface area contributed by atoms with Gasteiger partial charge in [-0.25, -0.2) is 0 Å². The molecule has 0 amide bonds. The van der Waals surface area contributed by atoms with Gasteiger partial charge in [-0.2, -0.15) is 26.3 Å². The minimum Gasteiger partial charge on any atom is -0.365 e. The molecule has 0 aromatic rings. The van der Waals surface area contributed by atoms with Gasteiger partial charge in [0, 0.05) is 0 Å². The predicted octanol–water partition coefficient (Wildman–Crippen LogP) is 2.76. The fourth-order valence-corrected chi connectivity index (χ4v) is 1.97. The largest absolute Gasteiger partial charge is 0.416 e. The van der Waals surface area contributed by atoms with Crippen molar-refractivity contribution in [2.75, 3.05) is 13.2 Å². The van der Waals surface area contributed by atoms with Crippen LogP contribution in [-0.2, 0) is 9.47 Å². The van der Waals surface area contributed by atoms with Crippen LogP contribution in [0.2, 0.25) is 0 Å². The van der Waals surface area contributed by atoms with Crippen LogP contribution in [-0.4, -0.2) is 37.3 Å². The summed E-state index contributed by atoms with van der Waals surface area (Å²) in [5, 5.41) is 0. The van der Waals surface area contributed by atoms with Crippen LogP contribution in [0.15, 0.2) is 23.3 Å². The first kappa shape index (κ1) is 14.9. The molecule has 1 saturated heterocycles. The zero-order valence-electron chi connectivity index (χ0n) is 9.81. The lowest BCUT2D eigenvalue weighted by atomic mass is 9.90. The van der Waals surface area contributed by atoms with Crippen molar-refractivity contribution in [3.63, 3.8) is 0 Å². The molecule has 0 radical (unpaired) electrons. The average molecular weight is 298 g/mol. The van der Waals surface area contributed by atoms with Crippen LogP contribution in [0, 0.1) is 12.3 Å². The van der Waals surface area contributed by atoms with Gasteiger partial charge in [0.05, 0.1) is 17.8 Å². The van der Waals surface area contributed by atoms with Crippen molar-refractivity contribution in [3.05, 3.63) is 23.3 Å². The first-order chi connectivity index (χ1) is 9.10. The van der Waals surface area contributed by atoms with Crippen LogP contribution in [0.25, 0.3) is 0 Å². The number of hydrogen-bond acceptors (Lipinski definition) is 2. The summed E-state index contributed by atoms with van der Waals surface area (Å²) in [6.45, 7) is -0.494. The molecule has 20 heavy (non-hydrogen) atoms. The van der Waals surface area contributed by atoms with Crippen LogP contribution >= 0.6 is 0 Å². The smallest absolute Gasteiger partial charge is 0.365 e. The Bertz CT molecular complexity index is 508. The van der Waals surface area contributed by atoms with Gasteiger partial charge in [-0.1, -0.05) is 5.92 Å². The van der Waals surface area contributed by atoms with E-state index in [-0.39, 0.29) is 13.2 Å². The molecule has 2 nitrogen and oxygen atoms in total. The van der Waals surface area contributed by atoms with Gasteiger partial charge in [-0.15, -0.1) is 6.42 Å². The molecule has 1 aliphatic heterocycles. The summed E-state index contributed by atoms with van der Waals surface area (Å²) in [4.78, 5) is 0. The van der Waals surface area contributed by atoms with Crippen molar-refractivity contribution in [1.82, 2.24) is 0 Å². The van der Waals surface area contributed by atoms with Gasteiger partial charge in [-0.05, 0) is 12.2 Å². The lowest BCUT2D eigenvalue weighted by Crippen LogP contribution is -2.31. The van der Waals surface area contributed by atoms with Gasteiger partial charge in [0.2, 0.25) is 0 Å². The Kier molecular flexibility index (Phi) is 3.38. The molecule has 2 aliphatic rings. The summed E-state index contributed by atoms with van der Waals surface area (Å²) in [6.07, 6.45) is -5.54. The summed E-state index contributed by atoms with van der Waals surface area (Å²) in [5.41, 5.74) is -5.00. The monoisotopic (exact) mass is 298 g/mol. The van der Waals surface area contributed by atoms with E-state index >= 15 is 0 Å². The number of rotatable bonds is 3. The third-order valence-corrected chi connectivity index (χ3v) is 2.89. The molecular formula is C12H8F6O2. The fraction of sp³-hybridized carbons (Fsp3) is 0.500. The van der Waals surface area contributed by atoms with Gasteiger partial charge in [-0.3, -0.25) is 0 Å². The van der Waals surface area contributed by atoms with Gasteiger partial charge < -0.3 is 9.47 Å². The molecule has 1 fully saturated rings. The van der Waals surface area contributed by atoms with Crippen molar-refractivity contribution >= 4 is 0 Å². The highest BCUT2D eigenvalue weighted by Gasteiger charge is 2.61. The Balaban J connectivity index is 2.29. The number of alkyl halides is 6. The van der Waals surface area contributed by atoms with Crippen LogP contribution in [0.3, 0.4) is 0 Å². The second-order valence-electron chi connectivity index (χ2n) is 4.32. The Hall–Kier alpha value is -1.46. The van der Waals surface area contributed by atoms with Gasteiger partial charge in [0.1, 0.15) is 18.3 Å². The predicted molar refractivity (Wildman–Crippen MR) is 55.5 cm³/mol. The summed E-state index contributed by atoms with van der Waals surface area (Å²) in [5.74, 6) is 2.10. The number of terminal acetylenes is 1. The first-order valence-electron chi connectivity index (χ1n) is 5.38. The zero-order valence-corrected chi connectivity index (χ0v) is 9.81. The maximum Gasteiger partial charge on any atom is 0.416 e. The molecule has 0 N–H and O–H groups in total. The van der Waals surface area contributed by atoms with Crippen LogP contribution in [0.5, 0.6) is 0 Å². The SMILES string of the molecule is C#CCOCC12C=C(C(F)(F)F)C(C(F)(F)F)=CC1O2. The molecule has 0 aromatic carbocycles. The lowest BCUT2D eigenvalue weighted by Gasteiger charge is -2.22. The molecule has 2 unspecified atom stereocenters.